The predicted molar refractivity (Wildman–Crippen MR) is 108 cm³/mol. The first-order valence-corrected chi connectivity index (χ1v) is 10.7. The number of carboxylic acid groups (broad SMARTS) is 1. The topological polar surface area (TPSA) is 92.7 Å². The van der Waals surface area contributed by atoms with Crippen LogP contribution in [0.15, 0.2) is 11.1 Å². The number of carboxylic acids is 1. The van der Waals surface area contributed by atoms with Crippen LogP contribution in [0.4, 0.5) is 5.00 Å². The summed E-state index contributed by atoms with van der Waals surface area (Å²) in [6.07, 6.45) is 4.72. The van der Waals surface area contributed by atoms with Crippen molar-refractivity contribution in [2.75, 3.05) is 11.9 Å². The lowest BCUT2D eigenvalue weighted by atomic mass is 9.82. The highest BCUT2D eigenvalue weighted by Crippen LogP contribution is 2.41. The maximum absolute atomic E-state index is 12.9. The van der Waals surface area contributed by atoms with Gasteiger partial charge in [-0.25, -0.2) is 4.79 Å². The van der Waals surface area contributed by atoms with Gasteiger partial charge < -0.3 is 15.2 Å². The first-order chi connectivity index (χ1) is 13.3. The number of carbonyl (C=O) groups excluding carboxylic acids is 2. The van der Waals surface area contributed by atoms with E-state index in [1.165, 1.54) is 11.3 Å². The van der Waals surface area contributed by atoms with Gasteiger partial charge in [-0.15, -0.1) is 11.3 Å². The molecule has 0 aliphatic heterocycles. The number of fused-ring (bicyclic) bond motifs is 1. The zero-order valence-corrected chi connectivity index (χ0v) is 17.5. The molecule has 1 amide bonds. The Morgan fingerprint density at radius 3 is 2.75 bits per heavy atom. The molecule has 2 aliphatic rings. The van der Waals surface area contributed by atoms with Crippen LogP contribution in [0.25, 0.3) is 0 Å². The van der Waals surface area contributed by atoms with Crippen molar-refractivity contribution in [1.82, 2.24) is 0 Å². The highest BCUT2D eigenvalue weighted by atomic mass is 35.5. The molecule has 0 fully saturated rings. The summed E-state index contributed by atoms with van der Waals surface area (Å²) >= 11 is 7.46. The van der Waals surface area contributed by atoms with Gasteiger partial charge in [-0.05, 0) is 50.5 Å². The van der Waals surface area contributed by atoms with E-state index in [9.17, 15) is 19.5 Å². The zero-order valence-electron chi connectivity index (χ0n) is 15.9. The van der Waals surface area contributed by atoms with Crippen molar-refractivity contribution in [3.8, 4) is 0 Å². The third kappa shape index (κ3) is 4.25. The highest BCUT2D eigenvalue weighted by molar-refractivity contribution is 7.17. The number of hydrogen-bond acceptors (Lipinski definition) is 5. The lowest BCUT2D eigenvalue weighted by Crippen LogP contribution is -2.35. The van der Waals surface area contributed by atoms with E-state index in [4.69, 9.17) is 16.3 Å². The molecule has 3 atom stereocenters. The Morgan fingerprint density at radius 2 is 2.07 bits per heavy atom. The summed E-state index contributed by atoms with van der Waals surface area (Å²) in [5.74, 6) is -3.04. The normalized spacial score (nSPS) is 24.1. The molecule has 0 saturated carbocycles. The number of allylic oxidation sites excluding steroid dienone is 2. The number of esters is 1. The highest BCUT2D eigenvalue weighted by Gasteiger charge is 2.37. The molecule has 3 unspecified atom stereocenters. The maximum Gasteiger partial charge on any atom is 0.341 e. The van der Waals surface area contributed by atoms with Gasteiger partial charge in [0.05, 0.1) is 24.0 Å². The maximum atomic E-state index is 12.9. The second kappa shape index (κ2) is 8.66. The summed E-state index contributed by atoms with van der Waals surface area (Å²) in [4.78, 5) is 38.2. The van der Waals surface area contributed by atoms with Gasteiger partial charge in [0, 0.05) is 9.91 Å². The molecule has 3 rings (SSSR count). The molecular formula is C20H24ClNO5S. The lowest BCUT2D eigenvalue weighted by Gasteiger charge is -2.25. The standard InChI is InChI=1S/C20H24ClNO5S/c1-3-27-20(26)16-14-8-10(2)4-7-15(14)28-18(16)22-17(23)13-9-11(21)5-6-12(13)19(24)25/h5,10,12-13H,3-4,6-9H2,1-2H3,(H,22,23)(H,24,25). The molecule has 0 saturated heterocycles. The Morgan fingerprint density at radius 1 is 1.32 bits per heavy atom. The fourth-order valence-corrected chi connectivity index (χ4v) is 5.36. The molecule has 0 aromatic carbocycles. The van der Waals surface area contributed by atoms with E-state index in [0.717, 1.165) is 29.7 Å². The van der Waals surface area contributed by atoms with E-state index in [2.05, 4.69) is 12.2 Å². The Balaban J connectivity index is 1.91. The third-order valence-electron chi connectivity index (χ3n) is 5.37. The van der Waals surface area contributed by atoms with Crippen LogP contribution in [0, 0.1) is 17.8 Å². The first-order valence-electron chi connectivity index (χ1n) is 9.51. The molecule has 0 radical (unpaired) electrons. The number of nitrogens with one attached hydrogen (secondary N) is 1. The molecule has 0 bridgehead atoms. The van der Waals surface area contributed by atoms with E-state index < -0.39 is 29.7 Å². The second-order valence-corrected chi connectivity index (χ2v) is 9.00. The fraction of sp³-hybridized carbons (Fsp3) is 0.550. The van der Waals surface area contributed by atoms with Crippen molar-refractivity contribution in [2.24, 2.45) is 17.8 Å². The van der Waals surface area contributed by atoms with Gasteiger partial charge in [0.25, 0.3) is 0 Å². The summed E-state index contributed by atoms with van der Waals surface area (Å²) in [5, 5.41) is 13.2. The number of ether oxygens (including phenoxy) is 1. The number of hydrogen-bond donors (Lipinski definition) is 2. The summed E-state index contributed by atoms with van der Waals surface area (Å²) in [5.41, 5.74) is 1.37. The van der Waals surface area contributed by atoms with Crippen molar-refractivity contribution in [3.05, 3.63) is 27.1 Å². The van der Waals surface area contributed by atoms with Crippen molar-refractivity contribution in [2.45, 2.75) is 46.0 Å². The van der Waals surface area contributed by atoms with Gasteiger partial charge in [0.1, 0.15) is 5.00 Å². The fourth-order valence-electron chi connectivity index (χ4n) is 3.87. The smallest absolute Gasteiger partial charge is 0.341 e. The Hall–Kier alpha value is -1.86. The van der Waals surface area contributed by atoms with Crippen molar-refractivity contribution in [1.29, 1.82) is 0 Å². The van der Waals surface area contributed by atoms with Crippen LogP contribution in [0.2, 0.25) is 0 Å². The van der Waals surface area contributed by atoms with E-state index in [1.54, 1.807) is 13.0 Å². The number of aliphatic carboxylic acids is 1. The van der Waals surface area contributed by atoms with Crippen LogP contribution >= 0.6 is 22.9 Å². The number of aryl methyl sites for hydroxylation is 1. The number of carbonyl (C=O) groups is 3. The Bertz CT molecular complexity index is 831. The minimum Gasteiger partial charge on any atom is -0.481 e. The zero-order chi connectivity index (χ0) is 20.4. The van der Waals surface area contributed by atoms with E-state index in [1.807, 2.05) is 0 Å². The molecule has 2 aliphatic carbocycles. The average molecular weight is 426 g/mol. The Labute approximate surface area is 172 Å². The van der Waals surface area contributed by atoms with Gasteiger partial charge in [0.15, 0.2) is 0 Å². The van der Waals surface area contributed by atoms with Crippen molar-refractivity contribution in [3.63, 3.8) is 0 Å². The van der Waals surface area contributed by atoms with Crippen molar-refractivity contribution < 1.29 is 24.2 Å². The van der Waals surface area contributed by atoms with Crippen LogP contribution in [-0.2, 0) is 27.2 Å². The molecule has 0 spiro atoms. The minimum absolute atomic E-state index is 0.182. The van der Waals surface area contributed by atoms with Crippen LogP contribution in [0.1, 0.15) is 53.9 Å². The number of halogens is 1. The van der Waals surface area contributed by atoms with Crippen LogP contribution in [0.3, 0.4) is 0 Å². The SMILES string of the molecule is CCOC(=O)c1c(NC(=O)C2CC(Cl)=CCC2C(=O)O)sc2c1CC(C)CC2. The lowest BCUT2D eigenvalue weighted by molar-refractivity contribution is -0.146. The molecule has 1 aromatic rings. The molecule has 1 aromatic heterocycles. The number of amides is 1. The first kappa shape index (κ1) is 20.9. The van der Waals surface area contributed by atoms with Crippen LogP contribution in [-0.4, -0.2) is 29.6 Å². The summed E-state index contributed by atoms with van der Waals surface area (Å²) in [6, 6.07) is 0. The van der Waals surface area contributed by atoms with Crippen LogP contribution < -0.4 is 5.32 Å². The van der Waals surface area contributed by atoms with Gasteiger partial charge in [-0.2, -0.15) is 0 Å². The minimum atomic E-state index is -1.02. The number of anilines is 1. The van der Waals surface area contributed by atoms with Gasteiger partial charge in [-0.1, -0.05) is 24.6 Å². The molecule has 1 heterocycles. The molecule has 6 nitrogen and oxygen atoms in total. The largest absolute Gasteiger partial charge is 0.481 e. The molecular weight excluding hydrogens is 402 g/mol. The second-order valence-electron chi connectivity index (χ2n) is 7.41. The Kier molecular flexibility index (Phi) is 6.45. The van der Waals surface area contributed by atoms with Gasteiger partial charge in [-0.3, -0.25) is 9.59 Å². The van der Waals surface area contributed by atoms with E-state index in [-0.39, 0.29) is 19.4 Å². The summed E-state index contributed by atoms with van der Waals surface area (Å²) < 4.78 is 5.22. The molecule has 152 valence electrons. The van der Waals surface area contributed by atoms with E-state index in [0.29, 0.717) is 21.5 Å². The summed E-state index contributed by atoms with van der Waals surface area (Å²) in [6.45, 7) is 4.13. The third-order valence-corrected chi connectivity index (χ3v) is 6.89. The van der Waals surface area contributed by atoms with Crippen LogP contribution in [0.5, 0.6) is 0 Å². The van der Waals surface area contributed by atoms with Gasteiger partial charge in [0.2, 0.25) is 5.91 Å². The monoisotopic (exact) mass is 425 g/mol. The van der Waals surface area contributed by atoms with Crippen molar-refractivity contribution >= 4 is 45.8 Å². The molecule has 2 N–H and O–H groups in total. The number of rotatable bonds is 5. The van der Waals surface area contributed by atoms with Gasteiger partial charge >= 0.3 is 11.9 Å². The summed E-state index contributed by atoms with van der Waals surface area (Å²) in [7, 11) is 0. The average Bonchev–Trinajstić information content (AvgIpc) is 2.98. The quantitative estimate of drug-likeness (QED) is 0.689. The molecule has 8 heteroatoms. The van der Waals surface area contributed by atoms with E-state index >= 15 is 0 Å². The molecule has 28 heavy (non-hydrogen) atoms. The predicted octanol–water partition coefficient (Wildman–Crippen LogP) is 4.22. The number of thiophene rings is 1.